The Balaban J connectivity index is 1.50. The number of thioether (sulfide) groups is 1. The lowest BCUT2D eigenvalue weighted by Gasteiger charge is -2.31. The molecule has 4 nitrogen and oxygen atoms in total. The minimum absolute atomic E-state index is 0.0366. The molecule has 142 valence electrons. The molecule has 1 saturated heterocycles. The molecule has 4 rings (SSSR count). The highest BCUT2D eigenvalue weighted by Crippen LogP contribution is 2.40. The van der Waals surface area contributed by atoms with E-state index in [1.807, 2.05) is 54.2 Å². The average molecular weight is 384 g/mol. The third-order valence-corrected chi connectivity index (χ3v) is 6.67. The molecule has 5 heteroatoms. The van der Waals surface area contributed by atoms with Crippen LogP contribution in [0, 0.1) is 0 Å². The SMILES string of the molecule is COc1cccc(C2(NC(=O)c3ccc(OC4CSC4)cc3)CCCC2)c1. The number of hydrogen-bond acceptors (Lipinski definition) is 4. The fourth-order valence-electron chi connectivity index (χ4n) is 3.83. The van der Waals surface area contributed by atoms with Crippen molar-refractivity contribution in [1.29, 1.82) is 0 Å². The van der Waals surface area contributed by atoms with Crippen molar-refractivity contribution in [2.24, 2.45) is 0 Å². The van der Waals surface area contributed by atoms with Crippen molar-refractivity contribution >= 4 is 17.7 Å². The number of carbonyl (C=O) groups is 1. The van der Waals surface area contributed by atoms with Crippen molar-refractivity contribution in [3.63, 3.8) is 0 Å². The van der Waals surface area contributed by atoms with Gasteiger partial charge in [0.2, 0.25) is 0 Å². The fraction of sp³-hybridized carbons (Fsp3) is 0.409. The predicted octanol–water partition coefficient (Wildman–Crippen LogP) is 4.39. The molecule has 1 N–H and O–H groups in total. The summed E-state index contributed by atoms with van der Waals surface area (Å²) in [7, 11) is 1.67. The standard InChI is InChI=1S/C22H25NO3S/c1-25-19-6-4-5-17(13-19)22(11-2-3-12-22)23-21(24)16-7-9-18(10-8-16)26-20-14-27-15-20/h4-10,13,20H,2-3,11-12,14-15H2,1H3,(H,23,24). The van der Waals surface area contributed by atoms with Crippen LogP contribution in [-0.4, -0.2) is 30.6 Å². The first-order chi connectivity index (χ1) is 13.2. The molecular weight excluding hydrogens is 358 g/mol. The molecule has 2 aromatic carbocycles. The number of rotatable bonds is 6. The Kier molecular flexibility index (Phi) is 5.30. The van der Waals surface area contributed by atoms with Crippen molar-refractivity contribution in [3.05, 3.63) is 59.7 Å². The van der Waals surface area contributed by atoms with Crippen LogP contribution in [0.3, 0.4) is 0 Å². The first kappa shape index (κ1) is 18.2. The zero-order chi connectivity index (χ0) is 18.7. The summed E-state index contributed by atoms with van der Waals surface area (Å²) in [6.07, 6.45) is 4.44. The maximum absolute atomic E-state index is 12.9. The summed E-state index contributed by atoms with van der Waals surface area (Å²) in [5.74, 6) is 3.71. The molecule has 0 radical (unpaired) electrons. The highest BCUT2D eigenvalue weighted by Gasteiger charge is 2.37. The second-order valence-electron chi connectivity index (χ2n) is 7.28. The molecule has 27 heavy (non-hydrogen) atoms. The van der Waals surface area contributed by atoms with Crippen LogP contribution in [0.1, 0.15) is 41.6 Å². The number of carbonyl (C=O) groups excluding carboxylic acids is 1. The Bertz CT molecular complexity index is 795. The van der Waals surface area contributed by atoms with Crippen LogP contribution in [0.25, 0.3) is 0 Å². The van der Waals surface area contributed by atoms with Crippen LogP contribution >= 0.6 is 11.8 Å². The number of amides is 1. The quantitative estimate of drug-likeness (QED) is 0.804. The molecule has 2 aliphatic rings. The molecule has 1 heterocycles. The molecule has 1 aliphatic carbocycles. The summed E-state index contributed by atoms with van der Waals surface area (Å²) in [6.45, 7) is 0. The van der Waals surface area contributed by atoms with E-state index in [1.54, 1.807) is 7.11 Å². The number of hydrogen-bond donors (Lipinski definition) is 1. The Morgan fingerprint density at radius 1 is 1.07 bits per heavy atom. The van der Waals surface area contributed by atoms with Gasteiger partial charge in [0.25, 0.3) is 5.91 Å². The maximum atomic E-state index is 12.9. The minimum atomic E-state index is -0.316. The molecule has 1 saturated carbocycles. The third-order valence-electron chi connectivity index (χ3n) is 5.46. The maximum Gasteiger partial charge on any atom is 0.251 e. The van der Waals surface area contributed by atoms with E-state index in [2.05, 4.69) is 11.4 Å². The highest BCUT2D eigenvalue weighted by molar-refractivity contribution is 8.00. The Hall–Kier alpha value is -2.14. The summed E-state index contributed by atoms with van der Waals surface area (Å²) in [5.41, 5.74) is 1.47. The van der Waals surface area contributed by atoms with E-state index in [0.717, 1.165) is 54.3 Å². The smallest absolute Gasteiger partial charge is 0.251 e. The van der Waals surface area contributed by atoms with E-state index in [-0.39, 0.29) is 11.4 Å². The summed E-state index contributed by atoms with van der Waals surface area (Å²) in [5, 5.41) is 3.32. The molecular formula is C22H25NO3S. The topological polar surface area (TPSA) is 47.6 Å². The second kappa shape index (κ2) is 7.85. The normalized spacial score (nSPS) is 18.6. The van der Waals surface area contributed by atoms with Crippen molar-refractivity contribution in [1.82, 2.24) is 5.32 Å². The Morgan fingerprint density at radius 3 is 2.44 bits per heavy atom. The van der Waals surface area contributed by atoms with Gasteiger partial charge < -0.3 is 14.8 Å². The first-order valence-electron chi connectivity index (χ1n) is 9.50. The molecule has 2 fully saturated rings. The second-order valence-corrected chi connectivity index (χ2v) is 8.35. The fourth-order valence-corrected chi connectivity index (χ4v) is 4.40. The van der Waals surface area contributed by atoms with Gasteiger partial charge in [-0.3, -0.25) is 4.79 Å². The van der Waals surface area contributed by atoms with E-state index in [1.165, 1.54) is 0 Å². The molecule has 0 spiro atoms. The van der Waals surface area contributed by atoms with Crippen LogP contribution in [0.2, 0.25) is 0 Å². The summed E-state index contributed by atoms with van der Waals surface area (Å²) in [4.78, 5) is 12.9. The van der Waals surface area contributed by atoms with Gasteiger partial charge in [0, 0.05) is 17.1 Å². The number of ether oxygens (including phenoxy) is 2. The summed E-state index contributed by atoms with van der Waals surface area (Å²) < 4.78 is 11.2. The number of benzene rings is 2. The van der Waals surface area contributed by atoms with Gasteiger partial charge in [0.1, 0.15) is 17.6 Å². The molecule has 1 aliphatic heterocycles. The van der Waals surface area contributed by atoms with Crippen molar-refractivity contribution in [3.8, 4) is 11.5 Å². The van der Waals surface area contributed by atoms with Gasteiger partial charge in [-0.25, -0.2) is 0 Å². The molecule has 2 aromatic rings. The third kappa shape index (κ3) is 3.93. The number of nitrogens with one attached hydrogen (secondary N) is 1. The lowest BCUT2D eigenvalue weighted by atomic mass is 9.87. The van der Waals surface area contributed by atoms with E-state index in [0.29, 0.717) is 11.7 Å². The highest BCUT2D eigenvalue weighted by atomic mass is 32.2. The lowest BCUT2D eigenvalue weighted by molar-refractivity contribution is 0.0898. The van der Waals surface area contributed by atoms with Gasteiger partial charge in [-0.1, -0.05) is 25.0 Å². The summed E-state index contributed by atoms with van der Waals surface area (Å²) in [6, 6.07) is 15.5. The van der Waals surface area contributed by atoms with Crippen molar-refractivity contribution in [2.75, 3.05) is 18.6 Å². The minimum Gasteiger partial charge on any atom is -0.497 e. The summed E-state index contributed by atoms with van der Waals surface area (Å²) >= 11 is 1.89. The lowest BCUT2D eigenvalue weighted by Crippen LogP contribution is -2.43. The monoisotopic (exact) mass is 383 g/mol. The van der Waals surface area contributed by atoms with Crippen LogP contribution < -0.4 is 14.8 Å². The van der Waals surface area contributed by atoms with Crippen LogP contribution in [0.15, 0.2) is 48.5 Å². The molecule has 0 unspecified atom stereocenters. The largest absolute Gasteiger partial charge is 0.497 e. The first-order valence-corrected chi connectivity index (χ1v) is 10.7. The van der Waals surface area contributed by atoms with Crippen LogP contribution in [0.5, 0.6) is 11.5 Å². The van der Waals surface area contributed by atoms with Gasteiger partial charge in [0.05, 0.1) is 12.6 Å². The van der Waals surface area contributed by atoms with Crippen LogP contribution in [-0.2, 0) is 5.54 Å². The van der Waals surface area contributed by atoms with Crippen molar-refractivity contribution < 1.29 is 14.3 Å². The molecule has 0 bridgehead atoms. The predicted molar refractivity (Wildman–Crippen MR) is 109 cm³/mol. The van der Waals surface area contributed by atoms with E-state index in [9.17, 15) is 4.79 Å². The van der Waals surface area contributed by atoms with Gasteiger partial charge in [-0.15, -0.1) is 0 Å². The van der Waals surface area contributed by atoms with Crippen LogP contribution in [0.4, 0.5) is 0 Å². The Morgan fingerprint density at radius 2 is 1.81 bits per heavy atom. The van der Waals surface area contributed by atoms with Gasteiger partial charge in [-0.05, 0) is 54.8 Å². The van der Waals surface area contributed by atoms with E-state index >= 15 is 0 Å². The zero-order valence-electron chi connectivity index (χ0n) is 15.6. The molecule has 0 aromatic heterocycles. The molecule has 1 amide bonds. The van der Waals surface area contributed by atoms with Gasteiger partial charge >= 0.3 is 0 Å². The van der Waals surface area contributed by atoms with Crippen molar-refractivity contribution in [2.45, 2.75) is 37.3 Å². The van der Waals surface area contributed by atoms with E-state index < -0.39 is 0 Å². The Labute approximate surface area is 164 Å². The van der Waals surface area contributed by atoms with E-state index in [4.69, 9.17) is 9.47 Å². The number of methoxy groups -OCH3 is 1. The van der Waals surface area contributed by atoms with Gasteiger partial charge in [0.15, 0.2) is 0 Å². The van der Waals surface area contributed by atoms with Gasteiger partial charge in [-0.2, -0.15) is 11.8 Å². The average Bonchev–Trinajstić information content (AvgIpc) is 3.15. The zero-order valence-corrected chi connectivity index (χ0v) is 16.4. The molecule has 0 atom stereocenters.